The molecule has 0 unspecified atom stereocenters. The normalized spacial score (nSPS) is 18.6. The fraction of sp³-hybridized carbons (Fsp3) is 0.375. The second-order valence-corrected chi connectivity index (χ2v) is 12.5. The van der Waals surface area contributed by atoms with Crippen molar-refractivity contribution in [1.29, 1.82) is 0 Å². The predicted molar refractivity (Wildman–Crippen MR) is 144 cm³/mol. The summed E-state index contributed by atoms with van der Waals surface area (Å²) in [4.78, 5) is 20.3. The number of aryl methyl sites for hydroxylation is 1. The van der Waals surface area contributed by atoms with E-state index in [-0.39, 0.29) is 24.1 Å². The summed E-state index contributed by atoms with van der Waals surface area (Å²) in [5.74, 6) is -0.965. The molecule has 0 spiro atoms. The van der Waals surface area contributed by atoms with Crippen molar-refractivity contribution >= 4 is 59.8 Å². The van der Waals surface area contributed by atoms with Crippen LogP contribution in [0, 0.1) is 5.82 Å². The van der Waals surface area contributed by atoms with Crippen molar-refractivity contribution in [3.63, 3.8) is 0 Å². The summed E-state index contributed by atoms with van der Waals surface area (Å²) in [6, 6.07) is 7.08. The number of anilines is 2. The van der Waals surface area contributed by atoms with Crippen LogP contribution in [0.5, 0.6) is 0 Å². The molecule has 3 heterocycles. The molecule has 4 aromatic rings. The van der Waals surface area contributed by atoms with Crippen LogP contribution in [0.25, 0.3) is 21.1 Å². The molecule has 13 heteroatoms. The van der Waals surface area contributed by atoms with Crippen molar-refractivity contribution in [1.82, 2.24) is 24.8 Å². The monoisotopic (exact) mass is 545 g/mol. The van der Waals surface area contributed by atoms with E-state index in [1.807, 2.05) is 6.07 Å². The van der Waals surface area contributed by atoms with E-state index in [9.17, 15) is 17.6 Å². The summed E-state index contributed by atoms with van der Waals surface area (Å²) < 4.78 is 42.7. The van der Waals surface area contributed by atoms with Crippen molar-refractivity contribution in [2.75, 3.05) is 29.6 Å². The molecular weight excluding hydrogens is 517 g/mol. The van der Waals surface area contributed by atoms with E-state index in [2.05, 4.69) is 44.2 Å². The molecule has 5 rings (SSSR count). The van der Waals surface area contributed by atoms with Gasteiger partial charge in [0.25, 0.3) is 5.91 Å². The van der Waals surface area contributed by atoms with Gasteiger partial charge in [-0.1, -0.05) is 0 Å². The Kier molecular flexibility index (Phi) is 6.64. The molecule has 1 saturated heterocycles. The third-order valence-corrected chi connectivity index (χ3v) is 7.88. The predicted octanol–water partition coefficient (Wildman–Crippen LogP) is 2.81. The lowest BCUT2D eigenvalue weighted by atomic mass is 10.1. The highest BCUT2D eigenvalue weighted by Crippen LogP contribution is 2.36. The van der Waals surface area contributed by atoms with E-state index in [1.54, 1.807) is 25.4 Å². The van der Waals surface area contributed by atoms with E-state index in [0.29, 0.717) is 27.2 Å². The van der Waals surface area contributed by atoms with Crippen LogP contribution in [-0.2, 0) is 23.6 Å². The molecule has 0 aliphatic carbocycles. The fourth-order valence-electron chi connectivity index (χ4n) is 4.74. The number of benzene rings is 2. The molecule has 1 aliphatic heterocycles. The standard InChI is InChI=1S/C24H28FN7O3S2/c1-13-10-32(11-14(2)27-13)19-6-5-17(22-23(19)36-20(29-22)9-26-37(4,34)35)24(33)28-16-7-15-12-31(3)30-21(15)18(25)8-16/h5-8,12-14,26-27H,9-11H2,1-4H3,(H,28,33)/t13-,14-/m0/s1. The van der Waals surface area contributed by atoms with Gasteiger partial charge in [-0.3, -0.25) is 9.48 Å². The second kappa shape index (κ2) is 9.63. The number of carbonyl (C=O) groups is 1. The molecule has 37 heavy (non-hydrogen) atoms. The number of hydrogen-bond acceptors (Lipinski definition) is 8. The summed E-state index contributed by atoms with van der Waals surface area (Å²) in [6.07, 6.45) is 2.77. The highest BCUT2D eigenvalue weighted by Gasteiger charge is 2.26. The number of piperazine rings is 1. The topological polar surface area (TPSA) is 121 Å². The van der Waals surface area contributed by atoms with Gasteiger partial charge in [-0.05, 0) is 38.1 Å². The second-order valence-electron chi connectivity index (χ2n) is 9.54. The lowest BCUT2D eigenvalue weighted by Crippen LogP contribution is -2.54. The SMILES string of the molecule is C[C@H]1CN(c2ccc(C(=O)Nc3cc(F)c4nn(C)cc4c3)c3nc(CNS(C)(=O)=O)sc23)C[C@H](C)N1. The molecule has 1 amide bonds. The van der Waals surface area contributed by atoms with Crippen molar-refractivity contribution in [2.24, 2.45) is 7.05 Å². The number of carbonyl (C=O) groups excluding carboxylic acids is 1. The molecule has 0 bridgehead atoms. The average molecular weight is 546 g/mol. The molecule has 2 atom stereocenters. The Hall–Kier alpha value is -3.13. The first-order chi connectivity index (χ1) is 17.5. The largest absolute Gasteiger partial charge is 0.367 e. The van der Waals surface area contributed by atoms with E-state index >= 15 is 0 Å². The minimum Gasteiger partial charge on any atom is -0.367 e. The van der Waals surface area contributed by atoms with E-state index in [0.717, 1.165) is 29.7 Å². The van der Waals surface area contributed by atoms with Crippen LogP contribution in [0.15, 0.2) is 30.5 Å². The number of nitrogens with zero attached hydrogens (tertiary/aromatic N) is 4. The Bertz CT molecular complexity index is 1610. The van der Waals surface area contributed by atoms with Crippen LogP contribution in [0.1, 0.15) is 29.2 Å². The van der Waals surface area contributed by atoms with Crippen LogP contribution in [0.4, 0.5) is 15.8 Å². The number of amides is 1. The molecule has 3 N–H and O–H groups in total. The summed E-state index contributed by atoms with van der Waals surface area (Å²) >= 11 is 1.35. The van der Waals surface area contributed by atoms with Gasteiger partial charge in [-0.25, -0.2) is 22.5 Å². The summed E-state index contributed by atoms with van der Waals surface area (Å²) in [6.45, 7) is 5.83. The number of fused-ring (bicyclic) bond motifs is 2. The van der Waals surface area contributed by atoms with Crippen LogP contribution < -0.4 is 20.3 Å². The van der Waals surface area contributed by atoms with E-state index < -0.39 is 21.7 Å². The highest BCUT2D eigenvalue weighted by atomic mass is 32.2. The van der Waals surface area contributed by atoms with Gasteiger partial charge in [0.15, 0.2) is 5.82 Å². The van der Waals surface area contributed by atoms with Crippen molar-refractivity contribution in [3.05, 3.63) is 46.9 Å². The van der Waals surface area contributed by atoms with Gasteiger partial charge in [0.2, 0.25) is 10.0 Å². The molecule has 2 aromatic heterocycles. The maximum absolute atomic E-state index is 14.6. The quantitative estimate of drug-likeness (QED) is 0.341. The maximum atomic E-state index is 14.6. The Morgan fingerprint density at radius 2 is 1.95 bits per heavy atom. The Balaban J connectivity index is 1.53. The Morgan fingerprint density at radius 1 is 1.22 bits per heavy atom. The zero-order valence-electron chi connectivity index (χ0n) is 20.9. The summed E-state index contributed by atoms with van der Waals surface area (Å²) in [5.41, 5.74) is 2.28. The number of halogens is 1. The van der Waals surface area contributed by atoms with Gasteiger partial charge in [0.1, 0.15) is 10.5 Å². The molecule has 2 aromatic carbocycles. The lowest BCUT2D eigenvalue weighted by molar-refractivity contribution is 0.102. The molecule has 0 saturated carbocycles. The Morgan fingerprint density at radius 3 is 2.65 bits per heavy atom. The number of nitrogens with one attached hydrogen (secondary N) is 3. The first-order valence-corrected chi connectivity index (χ1v) is 14.5. The third-order valence-electron chi connectivity index (χ3n) is 6.13. The van der Waals surface area contributed by atoms with Crippen molar-refractivity contribution < 1.29 is 17.6 Å². The zero-order valence-corrected chi connectivity index (χ0v) is 22.5. The smallest absolute Gasteiger partial charge is 0.257 e. The number of sulfonamides is 1. The minimum absolute atomic E-state index is 0.0237. The molecular formula is C24H28FN7O3S2. The van der Waals surface area contributed by atoms with Crippen LogP contribution in [0.2, 0.25) is 0 Å². The van der Waals surface area contributed by atoms with Crippen LogP contribution in [-0.4, -0.2) is 60.5 Å². The van der Waals surface area contributed by atoms with Gasteiger partial charge >= 0.3 is 0 Å². The number of rotatable bonds is 6. The maximum Gasteiger partial charge on any atom is 0.257 e. The molecule has 1 fully saturated rings. The molecule has 196 valence electrons. The van der Waals surface area contributed by atoms with Gasteiger partial charge in [-0.2, -0.15) is 5.10 Å². The summed E-state index contributed by atoms with van der Waals surface area (Å²) in [7, 11) is -1.71. The first kappa shape index (κ1) is 25.5. The average Bonchev–Trinajstić information content (AvgIpc) is 3.39. The number of aromatic nitrogens is 3. The lowest BCUT2D eigenvalue weighted by Gasteiger charge is -2.37. The van der Waals surface area contributed by atoms with Crippen molar-refractivity contribution in [2.45, 2.75) is 32.5 Å². The molecule has 1 aliphatic rings. The summed E-state index contributed by atoms with van der Waals surface area (Å²) in [5, 5.41) is 11.5. The molecule has 10 nitrogen and oxygen atoms in total. The van der Waals surface area contributed by atoms with E-state index in [4.69, 9.17) is 0 Å². The van der Waals surface area contributed by atoms with Crippen LogP contribution in [0.3, 0.4) is 0 Å². The van der Waals surface area contributed by atoms with E-state index in [1.165, 1.54) is 22.1 Å². The first-order valence-electron chi connectivity index (χ1n) is 11.8. The molecule has 0 radical (unpaired) electrons. The van der Waals surface area contributed by atoms with Gasteiger partial charge in [0, 0.05) is 49.5 Å². The Labute approximate surface area is 217 Å². The van der Waals surface area contributed by atoms with Crippen molar-refractivity contribution in [3.8, 4) is 0 Å². The number of thiazole rings is 1. The third kappa shape index (κ3) is 5.44. The van der Waals surface area contributed by atoms with Crippen LogP contribution >= 0.6 is 11.3 Å². The fourth-order valence-corrected chi connectivity index (χ4v) is 6.31. The van der Waals surface area contributed by atoms with Gasteiger partial charge in [0.05, 0.1) is 34.3 Å². The zero-order chi connectivity index (χ0) is 26.5. The highest BCUT2D eigenvalue weighted by molar-refractivity contribution is 7.88. The number of hydrogen-bond donors (Lipinski definition) is 3. The van der Waals surface area contributed by atoms with Gasteiger partial charge < -0.3 is 15.5 Å². The van der Waals surface area contributed by atoms with Gasteiger partial charge in [-0.15, -0.1) is 11.3 Å². The minimum atomic E-state index is -3.42.